The maximum absolute atomic E-state index is 12.5. The second kappa shape index (κ2) is 9.23. The molecule has 0 saturated carbocycles. The largest absolute Gasteiger partial charge is 0.495 e. The van der Waals surface area contributed by atoms with Gasteiger partial charge < -0.3 is 19.4 Å². The number of anilines is 2. The molecule has 0 spiro atoms. The zero-order valence-electron chi connectivity index (χ0n) is 17.3. The number of methoxy groups -OCH3 is 1. The maximum atomic E-state index is 12.5. The number of aromatic nitrogens is 1. The van der Waals surface area contributed by atoms with E-state index in [1.165, 1.54) is 21.1 Å². The van der Waals surface area contributed by atoms with Crippen LogP contribution in [-0.2, 0) is 4.79 Å². The molecule has 2 heterocycles. The minimum absolute atomic E-state index is 0.0802. The predicted octanol–water partition coefficient (Wildman–Crippen LogP) is 0.506. The van der Waals surface area contributed by atoms with E-state index in [9.17, 15) is 9.59 Å². The van der Waals surface area contributed by atoms with E-state index in [4.69, 9.17) is 4.74 Å². The fourth-order valence-corrected chi connectivity index (χ4v) is 4.38. The van der Waals surface area contributed by atoms with Crippen LogP contribution in [0.5, 0.6) is 5.75 Å². The molecular formula is C20H28N5O3S+. The number of carbonyl (C=O) groups excluding carboxylic acids is 2. The van der Waals surface area contributed by atoms with Gasteiger partial charge in [0.2, 0.25) is 0 Å². The van der Waals surface area contributed by atoms with E-state index in [0.29, 0.717) is 22.2 Å². The molecule has 8 nitrogen and oxygen atoms in total. The first-order valence-electron chi connectivity index (χ1n) is 9.59. The molecule has 0 unspecified atom stereocenters. The van der Waals surface area contributed by atoms with Crippen LogP contribution < -0.4 is 19.9 Å². The first-order chi connectivity index (χ1) is 13.9. The number of piperazine rings is 1. The summed E-state index contributed by atoms with van der Waals surface area (Å²) in [4.78, 5) is 34.5. The molecule has 1 aromatic carbocycles. The van der Waals surface area contributed by atoms with E-state index in [1.807, 2.05) is 18.2 Å². The number of rotatable bonds is 6. The minimum atomic E-state index is -0.0985. The molecule has 2 amide bonds. The molecule has 1 aliphatic rings. The molecule has 9 heteroatoms. The van der Waals surface area contributed by atoms with Crippen LogP contribution in [0.1, 0.15) is 15.4 Å². The molecule has 0 radical (unpaired) electrons. The SMILES string of the molecule is COc1ccccc1N1CC[NH+](CC(=O)Nc2nc(C)c(C(=O)N(C)C)s2)CC1. The summed E-state index contributed by atoms with van der Waals surface area (Å²) < 4.78 is 5.45. The van der Waals surface area contributed by atoms with Crippen LogP contribution in [0.2, 0.25) is 0 Å². The second-order valence-electron chi connectivity index (χ2n) is 7.27. The number of ether oxygens (including phenoxy) is 1. The third-order valence-corrected chi connectivity index (χ3v) is 6.01. The molecule has 2 N–H and O–H groups in total. The highest BCUT2D eigenvalue weighted by molar-refractivity contribution is 7.17. The van der Waals surface area contributed by atoms with Gasteiger partial charge in [-0.2, -0.15) is 0 Å². The highest BCUT2D eigenvalue weighted by atomic mass is 32.1. The van der Waals surface area contributed by atoms with E-state index in [1.54, 1.807) is 28.1 Å². The van der Waals surface area contributed by atoms with Crippen LogP contribution in [0.3, 0.4) is 0 Å². The average molecular weight is 419 g/mol. The number of para-hydroxylation sites is 2. The van der Waals surface area contributed by atoms with Gasteiger partial charge in [0.1, 0.15) is 10.6 Å². The summed E-state index contributed by atoms with van der Waals surface area (Å²) in [5, 5.41) is 3.33. The van der Waals surface area contributed by atoms with Crippen LogP contribution in [0.15, 0.2) is 24.3 Å². The lowest BCUT2D eigenvalue weighted by molar-refractivity contribution is -0.892. The number of quaternary nitrogens is 1. The van der Waals surface area contributed by atoms with Gasteiger partial charge in [-0.05, 0) is 19.1 Å². The van der Waals surface area contributed by atoms with Gasteiger partial charge in [-0.1, -0.05) is 23.5 Å². The number of aryl methyl sites for hydroxylation is 1. The maximum Gasteiger partial charge on any atom is 0.281 e. The number of carbonyl (C=O) groups is 2. The van der Waals surface area contributed by atoms with Gasteiger partial charge >= 0.3 is 0 Å². The fraction of sp³-hybridized carbons (Fsp3) is 0.450. The van der Waals surface area contributed by atoms with Crippen molar-refractivity contribution in [1.29, 1.82) is 0 Å². The molecule has 1 fully saturated rings. The summed E-state index contributed by atoms with van der Waals surface area (Å²) in [6, 6.07) is 8.00. The zero-order valence-corrected chi connectivity index (χ0v) is 18.1. The van der Waals surface area contributed by atoms with Gasteiger partial charge in [0, 0.05) is 14.1 Å². The van der Waals surface area contributed by atoms with Crippen molar-refractivity contribution in [2.45, 2.75) is 6.92 Å². The number of thiazole rings is 1. The van der Waals surface area contributed by atoms with Crippen LogP contribution in [-0.4, -0.2) is 75.6 Å². The fourth-order valence-electron chi connectivity index (χ4n) is 3.37. The molecule has 0 atom stereocenters. The Labute approximate surface area is 175 Å². The van der Waals surface area contributed by atoms with Crippen molar-refractivity contribution in [2.75, 3.05) is 64.1 Å². The molecule has 1 saturated heterocycles. The Hall–Kier alpha value is -2.65. The Morgan fingerprint density at radius 1 is 1.28 bits per heavy atom. The minimum Gasteiger partial charge on any atom is -0.495 e. The lowest BCUT2D eigenvalue weighted by Gasteiger charge is -2.33. The van der Waals surface area contributed by atoms with Crippen molar-refractivity contribution in [1.82, 2.24) is 9.88 Å². The standard InChI is InChI=1S/C20H27N5O3S/c1-14-18(19(27)23(2)3)29-20(21-14)22-17(26)13-24-9-11-25(12-10-24)15-7-5-6-8-16(15)28-4/h5-8H,9-13H2,1-4H3,(H,21,22,26)/p+1. The van der Waals surface area contributed by atoms with E-state index >= 15 is 0 Å². The van der Waals surface area contributed by atoms with Crippen molar-refractivity contribution in [2.24, 2.45) is 0 Å². The Kier molecular flexibility index (Phi) is 6.71. The lowest BCUT2D eigenvalue weighted by Crippen LogP contribution is -3.15. The first-order valence-corrected chi connectivity index (χ1v) is 10.4. The summed E-state index contributed by atoms with van der Waals surface area (Å²) in [6.07, 6.45) is 0. The second-order valence-corrected chi connectivity index (χ2v) is 8.27. The van der Waals surface area contributed by atoms with E-state index in [0.717, 1.165) is 37.6 Å². The van der Waals surface area contributed by atoms with Crippen LogP contribution in [0.25, 0.3) is 0 Å². The average Bonchev–Trinajstić information content (AvgIpc) is 3.07. The van der Waals surface area contributed by atoms with Gasteiger partial charge in [-0.15, -0.1) is 0 Å². The van der Waals surface area contributed by atoms with Gasteiger partial charge in [0.15, 0.2) is 11.7 Å². The van der Waals surface area contributed by atoms with Crippen LogP contribution >= 0.6 is 11.3 Å². The van der Waals surface area contributed by atoms with Crippen molar-refractivity contribution in [3.8, 4) is 5.75 Å². The topological polar surface area (TPSA) is 79.2 Å². The molecular weight excluding hydrogens is 390 g/mol. The van der Waals surface area contributed by atoms with E-state index in [-0.39, 0.29) is 11.8 Å². The van der Waals surface area contributed by atoms with E-state index in [2.05, 4.69) is 21.3 Å². The third-order valence-electron chi connectivity index (χ3n) is 4.95. The summed E-state index contributed by atoms with van der Waals surface area (Å²) in [5.41, 5.74) is 1.73. The summed E-state index contributed by atoms with van der Waals surface area (Å²) in [6.45, 7) is 5.63. The number of nitrogens with zero attached hydrogens (tertiary/aromatic N) is 3. The normalized spacial score (nSPS) is 14.6. The smallest absolute Gasteiger partial charge is 0.281 e. The molecule has 156 valence electrons. The molecule has 0 bridgehead atoms. The Bertz CT molecular complexity index is 875. The Balaban J connectivity index is 1.53. The summed E-state index contributed by atoms with van der Waals surface area (Å²) in [7, 11) is 5.09. The Morgan fingerprint density at radius 3 is 2.62 bits per heavy atom. The van der Waals surface area contributed by atoms with Gasteiger partial charge in [-0.3, -0.25) is 14.9 Å². The molecule has 2 aromatic rings. The Morgan fingerprint density at radius 2 is 1.97 bits per heavy atom. The zero-order chi connectivity index (χ0) is 21.0. The summed E-state index contributed by atoms with van der Waals surface area (Å²) >= 11 is 1.22. The number of benzene rings is 1. The highest BCUT2D eigenvalue weighted by Gasteiger charge is 2.25. The number of hydrogen-bond acceptors (Lipinski definition) is 6. The monoisotopic (exact) mass is 418 g/mol. The van der Waals surface area contributed by atoms with Crippen molar-refractivity contribution in [3.05, 3.63) is 34.8 Å². The number of hydrogen-bond donors (Lipinski definition) is 2. The van der Waals surface area contributed by atoms with E-state index < -0.39 is 0 Å². The molecule has 3 rings (SSSR count). The number of nitrogens with one attached hydrogen (secondary N) is 2. The molecule has 0 aliphatic carbocycles. The quantitative estimate of drug-likeness (QED) is 0.715. The van der Waals surface area contributed by atoms with Crippen molar-refractivity contribution >= 4 is 34.0 Å². The van der Waals surface area contributed by atoms with Crippen LogP contribution in [0, 0.1) is 6.92 Å². The van der Waals surface area contributed by atoms with Gasteiger partial charge in [0.25, 0.3) is 11.8 Å². The van der Waals surface area contributed by atoms with Gasteiger partial charge in [-0.25, -0.2) is 4.98 Å². The predicted molar refractivity (Wildman–Crippen MR) is 114 cm³/mol. The van der Waals surface area contributed by atoms with Crippen LogP contribution in [0.4, 0.5) is 10.8 Å². The lowest BCUT2D eigenvalue weighted by atomic mass is 10.2. The third kappa shape index (κ3) is 5.04. The molecule has 29 heavy (non-hydrogen) atoms. The van der Waals surface area contributed by atoms with Crippen molar-refractivity contribution in [3.63, 3.8) is 0 Å². The molecule has 1 aromatic heterocycles. The summed E-state index contributed by atoms with van der Waals surface area (Å²) in [5.74, 6) is 0.692. The highest BCUT2D eigenvalue weighted by Crippen LogP contribution is 2.27. The molecule has 1 aliphatic heterocycles. The van der Waals surface area contributed by atoms with Crippen molar-refractivity contribution < 1.29 is 19.2 Å². The van der Waals surface area contributed by atoms with Gasteiger partial charge in [0.05, 0.1) is 44.7 Å². The number of amides is 2. The first kappa shape index (κ1) is 21.1.